The van der Waals surface area contributed by atoms with Gasteiger partial charge in [-0.2, -0.15) is 0 Å². The van der Waals surface area contributed by atoms with Crippen LogP contribution in [0.4, 0.5) is 11.4 Å². The number of para-hydroxylation sites is 1. The molecule has 3 aromatic rings. The van der Waals surface area contributed by atoms with E-state index in [1.807, 2.05) is 71.6 Å². The molecule has 1 unspecified atom stereocenters. The lowest BCUT2D eigenvalue weighted by atomic mass is 10.00. The standard InChI is InChI=1S/C27H28N2O2S/c1-4-19-12-14-20(15-13-19)26(31)28-22-9-7-8-21(16-22)27-29(25(30)17-32-27)24-11-6-5-10-23(24)18(2)3/h5-16,18,27H,4,17H2,1-3H3,(H,28,31). The number of thioether (sulfide) groups is 1. The maximum Gasteiger partial charge on any atom is 0.255 e. The Morgan fingerprint density at radius 3 is 2.53 bits per heavy atom. The summed E-state index contributed by atoms with van der Waals surface area (Å²) in [6.45, 7) is 6.38. The van der Waals surface area contributed by atoms with Crippen molar-refractivity contribution in [1.82, 2.24) is 0 Å². The van der Waals surface area contributed by atoms with Gasteiger partial charge in [0.15, 0.2) is 0 Å². The highest BCUT2D eigenvalue weighted by molar-refractivity contribution is 8.00. The van der Waals surface area contributed by atoms with Crippen molar-refractivity contribution in [1.29, 1.82) is 0 Å². The van der Waals surface area contributed by atoms with Gasteiger partial charge in [0, 0.05) is 16.9 Å². The maximum atomic E-state index is 12.9. The molecule has 0 saturated carbocycles. The van der Waals surface area contributed by atoms with Gasteiger partial charge in [-0.25, -0.2) is 0 Å². The van der Waals surface area contributed by atoms with E-state index in [2.05, 4.69) is 32.2 Å². The normalized spacial score (nSPS) is 15.9. The Balaban J connectivity index is 1.59. The van der Waals surface area contributed by atoms with E-state index < -0.39 is 0 Å². The van der Waals surface area contributed by atoms with Crippen molar-refractivity contribution in [2.45, 2.75) is 38.5 Å². The average Bonchev–Trinajstić information content (AvgIpc) is 3.20. The molecular formula is C27H28N2O2S. The van der Waals surface area contributed by atoms with E-state index in [1.54, 1.807) is 11.8 Å². The Morgan fingerprint density at radius 1 is 1.06 bits per heavy atom. The number of amides is 2. The second kappa shape index (κ2) is 9.61. The van der Waals surface area contributed by atoms with E-state index in [1.165, 1.54) is 5.56 Å². The van der Waals surface area contributed by atoms with Crippen LogP contribution in [0.5, 0.6) is 0 Å². The number of nitrogens with one attached hydrogen (secondary N) is 1. The van der Waals surface area contributed by atoms with E-state index in [-0.39, 0.29) is 17.2 Å². The van der Waals surface area contributed by atoms with Gasteiger partial charge in [-0.1, -0.05) is 63.2 Å². The Hall–Kier alpha value is -3.05. The summed E-state index contributed by atoms with van der Waals surface area (Å²) in [5.74, 6) is 0.729. The molecule has 1 aliphatic heterocycles. The topological polar surface area (TPSA) is 49.4 Å². The van der Waals surface area contributed by atoms with Crippen LogP contribution in [0.1, 0.15) is 59.1 Å². The van der Waals surface area contributed by atoms with Gasteiger partial charge in [-0.05, 0) is 59.4 Å². The molecule has 1 atom stereocenters. The number of anilines is 2. The fourth-order valence-corrected chi connectivity index (χ4v) is 5.15. The molecule has 1 N–H and O–H groups in total. The van der Waals surface area contributed by atoms with Crippen LogP contribution in [0.2, 0.25) is 0 Å². The lowest BCUT2D eigenvalue weighted by Gasteiger charge is -2.28. The predicted octanol–water partition coefficient (Wildman–Crippen LogP) is 6.40. The number of carbonyl (C=O) groups is 2. The molecule has 0 bridgehead atoms. The fraction of sp³-hybridized carbons (Fsp3) is 0.259. The van der Waals surface area contributed by atoms with E-state index in [4.69, 9.17) is 0 Å². The minimum Gasteiger partial charge on any atom is -0.322 e. The molecular weight excluding hydrogens is 416 g/mol. The number of rotatable bonds is 6. The Labute approximate surface area is 194 Å². The molecule has 4 rings (SSSR count). The monoisotopic (exact) mass is 444 g/mol. The van der Waals surface area contributed by atoms with Gasteiger partial charge in [0.25, 0.3) is 5.91 Å². The second-order valence-electron chi connectivity index (χ2n) is 8.27. The zero-order chi connectivity index (χ0) is 22.7. The van der Waals surface area contributed by atoms with E-state index >= 15 is 0 Å². The van der Waals surface area contributed by atoms with Crippen molar-refractivity contribution in [3.8, 4) is 0 Å². The minimum absolute atomic E-state index is 0.110. The summed E-state index contributed by atoms with van der Waals surface area (Å²) < 4.78 is 0. The molecule has 32 heavy (non-hydrogen) atoms. The maximum absolute atomic E-state index is 12.9. The van der Waals surface area contributed by atoms with Crippen LogP contribution >= 0.6 is 11.8 Å². The van der Waals surface area contributed by atoms with Crippen LogP contribution in [0.3, 0.4) is 0 Å². The van der Waals surface area contributed by atoms with Gasteiger partial charge in [-0.3, -0.25) is 14.5 Å². The summed E-state index contributed by atoms with van der Waals surface area (Å²) in [6.07, 6.45) is 0.943. The molecule has 5 heteroatoms. The van der Waals surface area contributed by atoms with Crippen LogP contribution < -0.4 is 10.2 Å². The molecule has 0 aliphatic carbocycles. The SMILES string of the molecule is CCc1ccc(C(=O)Nc2cccc(C3SCC(=O)N3c3ccccc3C(C)C)c2)cc1. The number of benzene rings is 3. The van der Waals surface area contributed by atoms with Crippen LogP contribution in [0.15, 0.2) is 72.8 Å². The van der Waals surface area contributed by atoms with Crippen molar-refractivity contribution in [3.63, 3.8) is 0 Å². The van der Waals surface area contributed by atoms with Gasteiger partial charge in [-0.15, -0.1) is 11.8 Å². The van der Waals surface area contributed by atoms with Crippen LogP contribution in [-0.4, -0.2) is 17.6 Å². The van der Waals surface area contributed by atoms with Crippen LogP contribution in [0, 0.1) is 0 Å². The largest absolute Gasteiger partial charge is 0.322 e. The van der Waals surface area contributed by atoms with Gasteiger partial charge in [0.1, 0.15) is 5.37 Å². The van der Waals surface area contributed by atoms with Gasteiger partial charge in [0.05, 0.1) is 5.75 Å². The van der Waals surface area contributed by atoms with Crippen molar-refractivity contribution in [2.75, 3.05) is 16.0 Å². The number of hydrogen-bond acceptors (Lipinski definition) is 3. The van der Waals surface area contributed by atoms with Crippen LogP contribution in [-0.2, 0) is 11.2 Å². The summed E-state index contributed by atoms with van der Waals surface area (Å²) in [5, 5.41) is 2.88. The van der Waals surface area contributed by atoms with Crippen LogP contribution in [0.25, 0.3) is 0 Å². The Morgan fingerprint density at radius 2 is 1.81 bits per heavy atom. The zero-order valence-corrected chi connectivity index (χ0v) is 19.5. The third kappa shape index (κ3) is 4.58. The molecule has 164 valence electrons. The predicted molar refractivity (Wildman–Crippen MR) is 133 cm³/mol. The molecule has 3 aromatic carbocycles. The zero-order valence-electron chi connectivity index (χ0n) is 18.7. The quantitative estimate of drug-likeness (QED) is 0.478. The molecule has 0 spiro atoms. The van der Waals surface area contributed by atoms with Crippen molar-refractivity contribution >= 4 is 35.0 Å². The second-order valence-corrected chi connectivity index (χ2v) is 9.34. The Kier molecular flexibility index (Phi) is 6.66. The summed E-state index contributed by atoms with van der Waals surface area (Å²) >= 11 is 1.62. The molecule has 0 radical (unpaired) electrons. The Bertz CT molecular complexity index is 1120. The first-order valence-electron chi connectivity index (χ1n) is 11.0. The highest BCUT2D eigenvalue weighted by atomic mass is 32.2. The first-order chi connectivity index (χ1) is 15.5. The lowest BCUT2D eigenvalue weighted by molar-refractivity contribution is -0.115. The number of aryl methyl sites for hydroxylation is 1. The average molecular weight is 445 g/mol. The molecule has 0 aromatic heterocycles. The summed E-state index contributed by atoms with van der Waals surface area (Å²) in [4.78, 5) is 27.5. The highest BCUT2D eigenvalue weighted by Crippen LogP contribution is 2.44. The lowest BCUT2D eigenvalue weighted by Crippen LogP contribution is -2.29. The van der Waals surface area contributed by atoms with E-state index in [0.29, 0.717) is 17.2 Å². The minimum atomic E-state index is -0.137. The third-order valence-electron chi connectivity index (χ3n) is 5.74. The number of carbonyl (C=O) groups excluding carboxylic acids is 2. The highest BCUT2D eigenvalue weighted by Gasteiger charge is 2.35. The molecule has 1 heterocycles. The molecule has 1 fully saturated rings. The smallest absolute Gasteiger partial charge is 0.255 e. The fourth-order valence-electron chi connectivity index (χ4n) is 3.99. The van der Waals surface area contributed by atoms with Crippen molar-refractivity contribution in [3.05, 3.63) is 95.1 Å². The molecule has 1 aliphatic rings. The number of hydrogen-bond donors (Lipinski definition) is 1. The number of nitrogens with zero attached hydrogens (tertiary/aromatic N) is 1. The summed E-state index contributed by atoms with van der Waals surface area (Å²) in [6, 6.07) is 23.6. The third-order valence-corrected chi connectivity index (χ3v) is 6.95. The summed E-state index contributed by atoms with van der Waals surface area (Å²) in [5.41, 5.74) is 5.68. The summed E-state index contributed by atoms with van der Waals surface area (Å²) in [7, 11) is 0. The first-order valence-corrected chi connectivity index (χ1v) is 12.1. The molecule has 2 amide bonds. The van der Waals surface area contributed by atoms with Gasteiger partial charge < -0.3 is 5.32 Å². The van der Waals surface area contributed by atoms with Crippen molar-refractivity contribution in [2.24, 2.45) is 0 Å². The van der Waals surface area contributed by atoms with Crippen molar-refractivity contribution < 1.29 is 9.59 Å². The van der Waals surface area contributed by atoms with E-state index in [0.717, 1.165) is 28.9 Å². The van der Waals surface area contributed by atoms with E-state index in [9.17, 15) is 9.59 Å². The first kappa shape index (κ1) is 22.2. The molecule has 4 nitrogen and oxygen atoms in total. The van der Waals surface area contributed by atoms with Gasteiger partial charge in [0.2, 0.25) is 5.91 Å². The van der Waals surface area contributed by atoms with Gasteiger partial charge >= 0.3 is 0 Å². The molecule has 1 saturated heterocycles.